The molecule has 0 bridgehead atoms. The van der Waals surface area contributed by atoms with Crippen LogP contribution in [0.1, 0.15) is 48.0 Å². The zero-order valence-corrected chi connectivity index (χ0v) is 11.7. The van der Waals surface area contributed by atoms with E-state index in [4.69, 9.17) is 0 Å². The first-order chi connectivity index (χ1) is 9.54. The highest BCUT2D eigenvalue weighted by molar-refractivity contribution is 5.96. The van der Waals surface area contributed by atoms with Crippen molar-refractivity contribution >= 4 is 5.91 Å². The monoisotopic (exact) mass is 276 g/mol. The van der Waals surface area contributed by atoms with Gasteiger partial charge in [0.05, 0.1) is 17.2 Å². The summed E-state index contributed by atoms with van der Waals surface area (Å²) in [6.07, 6.45) is 5.60. The van der Waals surface area contributed by atoms with Crippen molar-refractivity contribution in [1.29, 1.82) is 0 Å². The van der Waals surface area contributed by atoms with E-state index >= 15 is 0 Å². The van der Waals surface area contributed by atoms with E-state index in [1.807, 2.05) is 4.90 Å². The number of carbonyl (C=O) groups is 1. The number of pyridine rings is 1. The quantitative estimate of drug-likeness (QED) is 0.809. The summed E-state index contributed by atoms with van der Waals surface area (Å²) in [5, 5.41) is 10.3. The smallest absolute Gasteiger partial charge is 0.256 e. The average molecular weight is 276 g/mol. The van der Waals surface area contributed by atoms with Gasteiger partial charge >= 0.3 is 0 Å². The number of nitrogens with one attached hydrogen (secondary N) is 1. The van der Waals surface area contributed by atoms with Gasteiger partial charge in [-0.15, -0.1) is 0 Å². The van der Waals surface area contributed by atoms with Crippen molar-refractivity contribution in [3.8, 4) is 0 Å². The van der Waals surface area contributed by atoms with Crippen LogP contribution in [0.4, 0.5) is 0 Å². The standard InChI is InChI=1S/C15H20N2O3/c1-10-8-13(19)16-9-11(10)14(20)17-7-4-12(18)15(17)5-2-3-6-15/h8-9,12,18H,2-7H2,1H3,(H,16,19). The Hall–Kier alpha value is -1.62. The second-order valence-electron chi connectivity index (χ2n) is 5.97. The Morgan fingerprint density at radius 2 is 2.15 bits per heavy atom. The highest BCUT2D eigenvalue weighted by Gasteiger charge is 2.51. The van der Waals surface area contributed by atoms with Gasteiger partial charge in [0.2, 0.25) is 5.56 Å². The van der Waals surface area contributed by atoms with E-state index in [2.05, 4.69) is 4.98 Å². The Balaban J connectivity index is 1.96. The van der Waals surface area contributed by atoms with Gasteiger partial charge < -0.3 is 15.0 Å². The minimum atomic E-state index is -0.419. The summed E-state index contributed by atoms with van der Waals surface area (Å²) in [6, 6.07) is 1.45. The molecule has 3 rings (SSSR count). The molecule has 0 radical (unpaired) electrons. The van der Waals surface area contributed by atoms with Gasteiger partial charge in [0.15, 0.2) is 0 Å². The average Bonchev–Trinajstić information content (AvgIpc) is 3.00. The third-order valence-corrected chi connectivity index (χ3v) is 4.86. The molecule has 5 nitrogen and oxygen atoms in total. The van der Waals surface area contributed by atoms with Crippen LogP contribution in [-0.2, 0) is 0 Å². The highest BCUT2D eigenvalue weighted by atomic mass is 16.3. The summed E-state index contributed by atoms with van der Waals surface area (Å²) in [4.78, 5) is 28.5. The first kappa shape index (κ1) is 13.4. The number of aliphatic hydroxyl groups excluding tert-OH is 1. The SMILES string of the molecule is Cc1cc(=O)[nH]cc1C(=O)N1CCC(O)C12CCCC2. The van der Waals surface area contributed by atoms with E-state index in [0.29, 0.717) is 24.1 Å². The lowest BCUT2D eigenvalue weighted by Gasteiger charge is -2.37. The molecule has 1 aliphatic carbocycles. The van der Waals surface area contributed by atoms with E-state index in [-0.39, 0.29) is 17.0 Å². The topological polar surface area (TPSA) is 73.4 Å². The number of likely N-dealkylation sites (tertiary alicyclic amines) is 1. The van der Waals surface area contributed by atoms with E-state index in [9.17, 15) is 14.7 Å². The van der Waals surface area contributed by atoms with Crippen molar-refractivity contribution in [2.24, 2.45) is 0 Å². The molecule has 1 unspecified atom stereocenters. The fourth-order valence-electron chi connectivity index (χ4n) is 3.77. The Labute approximate surface area is 117 Å². The Morgan fingerprint density at radius 3 is 2.80 bits per heavy atom. The van der Waals surface area contributed by atoms with Crippen LogP contribution < -0.4 is 5.56 Å². The summed E-state index contributed by atoms with van der Waals surface area (Å²) < 4.78 is 0. The molecule has 1 spiro atoms. The Bertz CT molecular complexity index is 587. The molecule has 1 aromatic rings. The number of aromatic nitrogens is 1. The molecule has 1 aliphatic heterocycles. The van der Waals surface area contributed by atoms with E-state index < -0.39 is 6.10 Å². The minimum absolute atomic E-state index is 0.0720. The van der Waals surface area contributed by atoms with Gasteiger partial charge in [-0.3, -0.25) is 9.59 Å². The Morgan fingerprint density at radius 1 is 1.45 bits per heavy atom. The summed E-state index contributed by atoms with van der Waals surface area (Å²) in [5.74, 6) is -0.0720. The van der Waals surface area contributed by atoms with E-state index in [1.54, 1.807) is 6.92 Å². The van der Waals surface area contributed by atoms with Crippen LogP contribution in [0.25, 0.3) is 0 Å². The van der Waals surface area contributed by atoms with Gasteiger partial charge in [-0.25, -0.2) is 0 Å². The van der Waals surface area contributed by atoms with E-state index in [1.165, 1.54) is 12.3 Å². The third kappa shape index (κ3) is 1.88. The van der Waals surface area contributed by atoms with Crippen molar-refractivity contribution in [3.63, 3.8) is 0 Å². The van der Waals surface area contributed by atoms with Gasteiger partial charge in [-0.2, -0.15) is 0 Å². The zero-order chi connectivity index (χ0) is 14.3. The second-order valence-corrected chi connectivity index (χ2v) is 5.97. The van der Waals surface area contributed by atoms with E-state index in [0.717, 1.165) is 25.7 Å². The molecular weight excluding hydrogens is 256 g/mol. The molecule has 2 aliphatic rings. The number of hydrogen-bond donors (Lipinski definition) is 2. The fourth-order valence-corrected chi connectivity index (χ4v) is 3.77. The lowest BCUT2D eigenvalue weighted by atomic mass is 9.90. The molecule has 2 N–H and O–H groups in total. The van der Waals surface area contributed by atoms with Crippen molar-refractivity contribution in [2.45, 2.75) is 50.7 Å². The molecule has 108 valence electrons. The first-order valence-corrected chi connectivity index (χ1v) is 7.24. The number of rotatable bonds is 1. The minimum Gasteiger partial charge on any atom is -0.391 e. The van der Waals surface area contributed by atoms with Gasteiger partial charge in [0.25, 0.3) is 5.91 Å². The van der Waals surface area contributed by atoms with Crippen LogP contribution in [0.15, 0.2) is 17.1 Å². The van der Waals surface area contributed by atoms with Crippen LogP contribution in [-0.4, -0.2) is 39.1 Å². The molecule has 0 aromatic carbocycles. The van der Waals surface area contributed by atoms with Crippen molar-refractivity contribution in [1.82, 2.24) is 9.88 Å². The second kappa shape index (κ2) is 4.74. The van der Waals surface area contributed by atoms with Crippen LogP contribution >= 0.6 is 0 Å². The number of aryl methyl sites for hydroxylation is 1. The predicted octanol–water partition coefficient (Wildman–Crippen LogP) is 1.20. The van der Waals surface area contributed by atoms with Crippen LogP contribution in [0.2, 0.25) is 0 Å². The first-order valence-electron chi connectivity index (χ1n) is 7.24. The molecule has 1 amide bonds. The lowest BCUT2D eigenvalue weighted by Crippen LogP contribution is -2.51. The summed E-state index contributed by atoms with van der Waals surface area (Å²) in [5.41, 5.74) is 0.647. The lowest BCUT2D eigenvalue weighted by molar-refractivity contribution is 0.0260. The number of H-pyrrole nitrogens is 1. The predicted molar refractivity (Wildman–Crippen MR) is 74.7 cm³/mol. The van der Waals surface area contributed by atoms with Crippen LogP contribution in [0.3, 0.4) is 0 Å². The van der Waals surface area contributed by atoms with Gasteiger partial charge in [0, 0.05) is 18.8 Å². The molecule has 1 atom stereocenters. The molecule has 1 saturated heterocycles. The summed E-state index contributed by atoms with van der Waals surface area (Å²) in [7, 11) is 0. The Kier molecular flexibility index (Phi) is 3.17. The summed E-state index contributed by atoms with van der Waals surface area (Å²) >= 11 is 0. The van der Waals surface area contributed by atoms with Gasteiger partial charge in [-0.1, -0.05) is 12.8 Å². The van der Waals surface area contributed by atoms with Crippen LogP contribution in [0.5, 0.6) is 0 Å². The molecule has 20 heavy (non-hydrogen) atoms. The molecular formula is C15H20N2O3. The highest BCUT2D eigenvalue weighted by Crippen LogP contribution is 2.43. The third-order valence-electron chi connectivity index (χ3n) is 4.86. The van der Waals surface area contributed by atoms with Crippen molar-refractivity contribution in [2.75, 3.05) is 6.54 Å². The summed E-state index contributed by atoms with van der Waals surface area (Å²) in [6.45, 7) is 2.37. The number of nitrogens with zero attached hydrogens (tertiary/aromatic N) is 1. The molecule has 1 aromatic heterocycles. The number of carbonyl (C=O) groups excluding carboxylic acids is 1. The maximum atomic E-state index is 12.8. The maximum Gasteiger partial charge on any atom is 0.256 e. The van der Waals surface area contributed by atoms with Crippen molar-refractivity contribution < 1.29 is 9.90 Å². The number of amides is 1. The number of aliphatic hydroxyl groups is 1. The number of hydrogen-bond acceptors (Lipinski definition) is 3. The molecule has 2 fully saturated rings. The molecule has 5 heteroatoms. The molecule has 2 heterocycles. The zero-order valence-electron chi connectivity index (χ0n) is 11.7. The number of aromatic amines is 1. The fraction of sp³-hybridized carbons (Fsp3) is 0.600. The van der Waals surface area contributed by atoms with Crippen LogP contribution in [0, 0.1) is 6.92 Å². The largest absolute Gasteiger partial charge is 0.391 e. The maximum absolute atomic E-state index is 12.8. The van der Waals surface area contributed by atoms with Gasteiger partial charge in [0.1, 0.15) is 0 Å². The molecule has 1 saturated carbocycles. The van der Waals surface area contributed by atoms with Gasteiger partial charge in [-0.05, 0) is 31.7 Å². The normalized spacial score (nSPS) is 24.5. The van der Waals surface area contributed by atoms with Crippen molar-refractivity contribution in [3.05, 3.63) is 33.7 Å².